The van der Waals surface area contributed by atoms with E-state index in [4.69, 9.17) is 4.98 Å². The van der Waals surface area contributed by atoms with Gasteiger partial charge in [0.25, 0.3) is 0 Å². The van der Waals surface area contributed by atoms with Gasteiger partial charge in [0.1, 0.15) is 0 Å². The Balaban J connectivity index is 1.60. The zero-order valence-corrected chi connectivity index (χ0v) is 14.6. The van der Waals surface area contributed by atoms with Crippen LogP contribution < -0.4 is 0 Å². The highest BCUT2D eigenvalue weighted by atomic mass is 14.7. The lowest BCUT2D eigenvalue weighted by atomic mass is 9.97. The number of benzene rings is 3. The van der Waals surface area contributed by atoms with Gasteiger partial charge in [-0.3, -0.25) is 4.98 Å². The highest BCUT2D eigenvalue weighted by Gasteiger charge is 2.21. The van der Waals surface area contributed by atoms with Crippen molar-refractivity contribution in [2.45, 2.75) is 12.8 Å². The van der Waals surface area contributed by atoms with E-state index in [1.54, 1.807) is 0 Å². The molecular formula is C25H19N. The second-order valence-electron chi connectivity index (χ2n) is 6.91. The summed E-state index contributed by atoms with van der Waals surface area (Å²) in [6, 6.07) is 26.2. The second kappa shape index (κ2) is 5.96. The van der Waals surface area contributed by atoms with E-state index >= 15 is 0 Å². The summed E-state index contributed by atoms with van der Waals surface area (Å²) in [5, 5.41) is 1.21. The molecule has 0 unspecified atom stereocenters. The van der Waals surface area contributed by atoms with Crippen molar-refractivity contribution in [1.82, 2.24) is 4.98 Å². The minimum atomic E-state index is 0.913. The maximum atomic E-state index is 4.90. The maximum absolute atomic E-state index is 4.90. The number of nitrogens with zero attached hydrogens (tertiary/aromatic N) is 1. The number of hydrogen-bond acceptors (Lipinski definition) is 1. The Morgan fingerprint density at radius 2 is 1.65 bits per heavy atom. The van der Waals surface area contributed by atoms with Gasteiger partial charge < -0.3 is 0 Å². The molecule has 0 spiro atoms. The van der Waals surface area contributed by atoms with E-state index in [0.29, 0.717) is 0 Å². The molecule has 1 aromatic heterocycles. The van der Waals surface area contributed by atoms with Gasteiger partial charge >= 0.3 is 0 Å². The lowest BCUT2D eigenvalue weighted by Crippen LogP contribution is -1.87. The molecule has 1 heterocycles. The Bertz CT molecular complexity index is 1140. The van der Waals surface area contributed by atoms with Gasteiger partial charge in [0.05, 0.1) is 11.2 Å². The fraction of sp³-hybridized carbons (Fsp3) is 0.0800. The van der Waals surface area contributed by atoms with E-state index in [-0.39, 0.29) is 0 Å². The Kier molecular flexibility index (Phi) is 3.46. The first-order valence-electron chi connectivity index (χ1n) is 9.04. The highest BCUT2D eigenvalue weighted by molar-refractivity contribution is 5.89. The average molecular weight is 333 g/mol. The molecule has 0 radical (unpaired) electrons. The van der Waals surface area contributed by atoms with E-state index in [1.165, 1.54) is 44.5 Å². The van der Waals surface area contributed by atoms with Crippen molar-refractivity contribution in [3.8, 4) is 22.3 Å². The normalized spacial score (nSPS) is 12.0. The van der Waals surface area contributed by atoms with Crippen molar-refractivity contribution in [2.75, 3.05) is 0 Å². The van der Waals surface area contributed by atoms with Crippen molar-refractivity contribution < 1.29 is 0 Å². The molecule has 1 aliphatic carbocycles. The van der Waals surface area contributed by atoms with Crippen LogP contribution in [0, 0.1) is 0 Å². The van der Waals surface area contributed by atoms with Crippen LogP contribution in [0.15, 0.2) is 85.5 Å². The fourth-order valence-electron chi connectivity index (χ4n) is 3.87. The van der Waals surface area contributed by atoms with Crippen LogP contribution in [0.5, 0.6) is 0 Å². The highest BCUT2D eigenvalue weighted by Crippen LogP contribution is 2.39. The van der Waals surface area contributed by atoms with Crippen LogP contribution in [-0.4, -0.2) is 4.98 Å². The molecular weight excluding hydrogens is 314 g/mol. The molecule has 0 amide bonds. The van der Waals surface area contributed by atoms with E-state index < -0.39 is 0 Å². The van der Waals surface area contributed by atoms with E-state index in [2.05, 4.69) is 79.4 Å². The van der Waals surface area contributed by atoms with Crippen LogP contribution in [0.1, 0.15) is 16.8 Å². The van der Waals surface area contributed by atoms with Crippen molar-refractivity contribution in [2.24, 2.45) is 0 Å². The van der Waals surface area contributed by atoms with Gasteiger partial charge in [-0.2, -0.15) is 0 Å². The molecule has 0 bridgehead atoms. The minimum Gasteiger partial charge on any atom is -0.252 e. The lowest BCUT2D eigenvalue weighted by Gasteiger charge is -2.07. The summed E-state index contributed by atoms with van der Waals surface area (Å²) in [4.78, 5) is 4.90. The number of fused-ring (bicyclic) bond motifs is 4. The minimum absolute atomic E-state index is 0.913. The molecule has 26 heavy (non-hydrogen) atoms. The number of hydrogen-bond donors (Lipinski definition) is 0. The summed E-state index contributed by atoms with van der Waals surface area (Å²) in [6.07, 6.45) is 3.78. The number of allylic oxidation sites excluding steroid dienone is 1. The predicted octanol–water partition coefficient (Wildman–Crippen LogP) is 6.20. The van der Waals surface area contributed by atoms with Crippen molar-refractivity contribution in [1.29, 1.82) is 0 Å². The van der Waals surface area contributed by atoms with Gasteiger partial charge in [-0.25, -0.2) is 0 Å². The molecule has 0 fully saturated rings. The standard InChI is InChI=1S/C25H19N/c1-2-5-17-8-10-18(11-9-17)19-12-13-20-16-25-23(22(20)14-19)15-21-6-3-4-7-24(21)26-25/h2-4,6-15H,1,5,16H2. The summed E-state index contributed by atoms with van der Waals surface area (Å²) in [5.41, 5.74) is 10.1. The monoisotopic (exact) mass is 333 g/mol. The second-order valence-corrected chi connectivity index (χ2v) is 6.91. The number of para-hydroxylation sites is 1. The van der Waals surface area contributed by atoms with Gasteiger partial charge in [0, 0.05) is 17.4 Å². The molecule has 0 atom stereocenters. The average Bonchev–Trinajstić information content (AvgIpc) is 3.04. The molecule has 0 aliphatic heterocycles. The van der Waals surface area contributed by atoms with Crippen LogP contribution in [0.2, 0.25) is 0 Å². The van der Waals surface area contributed by atoms with Crippen LogP contribution >= 0.6 is 0 Å². The van der Waals surface area contributed by atoms with E-state index in [0.717, 1.165) is 18.4 Å². The topological polar surface area (TPSA) is 12.9 Å². The predicted molar refractivity (Wildman–Crippen MR) is 109 cm³/mol. The quantitative estimate of drug-likeness (QED) is 0.358. The van der Waals surface area contributed by atoms with Crippen molar-refractivity contribution in [3.63, 3.8) is 0 Å². The number of aromatic nitrogens is 1. The van der Waals surface area contributed by atoms with E-state index in [1.807, 2.05) is 6.08 Å². The zero-order chi connectivity index (χ0) is 17.5. The van der Waals surface area contributed by atoms with Crippen LogP contribution in [0.3, 0.4) is 0 Å². The van der Waals surface area contributed by atoms with Crippen LogP contribution in [0.4, 0.5) is 0 Å². The zero-order valence-electron chi connectivity index (χ0n) is 14.6. The molecule has 0 N–H and O–H groups in total. The molecule has 0 saturated carbocycles. The Labute approximate surface area is 153 Å². The third kappa shape index (κ3) is 2.44. The summed E-state index contributed by atoms with van der Waals surface area (Å²) in [7, 11) is 0. The molecule has 4 aromatic rings. The van der Waals surface area contributed by atoms with Crippen molar-refractivity contribution in [3.05, 3.63) is 102 Å². The van der Waals surface area contributed by atoms with E-state index in [9.17, 15) is 0 Å². The molecule has 124 valence electrons. The first-order valence-corrected chi connectivity index (χ1v) is 9.04. The summed E-state index contributed by atoms with van der Waals surface area (Å²) in [6.45, 7) is 3.81. The molecule has 0 saturated heterocycles. The third-order valence-corrected chi connectivity index (χ3v) is 5.23. The van der Waals surface area contributed by atoms with Crippen LogP contribution in [-0.2, 0) is 12.8 Å². The molecule has 1 aliphatic rings. The van der Waals surface area contributed by atoms with Crippen molar-refractivity contribution >= 4 is 10.9 Å². The largest absolute Gasteiger partial charge is 0.252 e. The smallest absolute Gasteiger partial charge is 0.0705 e. The van der Waals surface area contributed by atoms with Gasteiger partial charge in [-0.15, -0.1) is 6.58 Å². The first kappa shape index (κ1) is 15.1. The third-order valence-electron chi connectivity index (χ3n) is 5.23. The Morgan fingerprint density at radius 3 is 2.50 bits per heavy atom. The van der Waals surface area contributed by atoms with Gasteiger partial charge in [0.15, 0.2) is 0 Å². The summed E-state index contributed by atoms with van der Waals surface area (Å²) >= 11 is 0. The maximum Gasteiger partial charge on any atom is 0.0705 e. The summed E-state index contributed by atoms with van der Waals surface area (Å²) < 4.78 is 0. The first-order chi connectivity index (χ1) is 12.8. The molecule has 1 heteroatoms. The Hall–Kier alpha value is -3.19. The fourth-order valence-corrected chi connectivity index (χ4v) is 3.87. The molecule has 1 nitrogen and oxygen atoms in total. The van der Waals surface area contributed by atoms with Gasteiger partial charge in [-0.05, 0) is 52.4 Å². The lowest BCUT2D eigenvalue weighted by molar-refractivity contribution is 1.15. The number of pyridine rings is 1. The number of rotatable bonds is 3. The Morgan fingerprint density at radius 1 is 0.846 bits per heavy atom. The summed E-state index contributed by atoms with van der Waals surface area (Å²) in [5.74, 6) is 0. The van der Waals surface area contributed by atoms with Gasteiger partial charge in [-0.1, -0.05) is 60.7 Å². The van der Waals surface area contributed by atoms with Gasteiger partial charge in [0.2, 0.25) is 0 Å². The SMILES string of the molecule is C=CCc1ccc(-c2ccc3c(c2)-c2cc4ccccc4nc2C3)cc1. The molecule has 3 aromatic carbocycles. The molecule has 5 rings (SSSR count). The van der Waals surface area contributed by atoms with Crippen LogP contribution in [0.25, 0.3) is 33.2 Å².